The van der Waals surface area contributed by atoms with Crippen molar-refractivity contribution in [3.63, 3.8) is 0 Å². The summed E-state index contributed by atoms with van der Waals surface area (Å²) in [7, 11) is 0. The molecule has 17 atom stereocenters. The molecule has 0 spiro atoms. The van der Waals surface area contributed by atoms with Gasteiger partial charge in [-0.1, -0.05) is 361 Å². The van der Waals surface area contributed by atoms with Gasteiger partial charge in [0.1, 0.15) is 73.2 Å². The monoisotopic (exact) mass is 1430 g/mol. The van der Waals surface area contributed by atoms with Crippen LogP contribution in [0.1, 0.15) is 380 Å². The molecule has 19 heteroatoms. The Morgan fingerprint density at radius 1 is 0.320 bits per heavy atom. The Bertz CT molecular complexity index is 1810. The molecule has 0 aromatic rings. The minimum Gasteiger partial charge on any atom is -0.394 e. The molecule has 594 valence electrons. The number of unbranched alkanes of at least 4 members (excludes halogenated alkanes) is 53. The number of aliphatic hydroxyl groups is 11. The summed E-state index contributed by atoms with van der Waals surface area (Å²) in [5.74, 6) is -0.232. The van der Waals surface area contributed by atoms with Gasteiger partial charge in [-0.15, -0.1) is 0 Å². The highest BCUT2D eigenvalue weighted by Crippen LogP contribution is 2.34. The summed E-state index contributed by atoms with van der Waals surface area (Å²) in [5.41, 5.74) is 0. The van der Waals surface area contributed by atoms with Crippen LogP contribution in [0.3, 0.4) is 0 Å². The molecule has 3 fully saturated rings. The van der Waals surface area contributed by atoms with E-state index < -0.39 is 124 Å². The lowest BCUT2D eigenvalue weighted by molar-refractivity contribution is -0.379. The number of hydrogen-bond acceptors (Lipinski definition) is 18. The first kappa shape index (κ1) is 93.0. The summed E-state index contributed by atoms with van der Waals surface area (Å²) in [4.78, 5) is 13.5. The summed E-state index contributed by atoms with van der Waals surface area (Å²) < 4.78 is 34.6. The van der Waals surface area contributed by atoms with Gasteiger partial charge in [-0.05, 0) is 12.8 Å². The average molecular weight is 1430 g/mol. The lowest BCUT2D eigenvalue weighted by Crippen LogP contribution is -2.66. The molecule has 19 nitrogen and oxygen atoms in total. The summed E-state index contributed by atoms with van der Waals surface area (Å²) in [5, 5.41) is 121. The van der Waals surface area contributed by atoms with Crippen LogP contribution in [-0.2, 0) is 33.2 Å². The Balaban J connectivity index is 1.34. The van der Waals surface area contributed by atoms with Crippen molar-refractivity contribution in [3.8, 4) is 0 Å². The minimum atomic E-state index is -1.97. The van der Waals surface area contributed by atoms with Gasteiger partial charge in [0, 0.05) is 6.42 Å². The van der Waals surface area contributed by atoms with Crippen LogP contribution in [0.5, 0.6) is 0 Å². The maximum Gasteiger partial charge on any atom is 0.220 e. The molecule has 100 heavy (non-hydrogen) atoms. The normalized spacial score (nSPS) is 26.4. The number of hydrogen-bond donors (Lipinski definition) is 12. The minimum absolute atomic E-state index is 0.232. The highest BCUT2D eigenvalue weighted by Gasteiger charge is 2.54. The lowest BCUT2D eigenvalue weighted by Gasteiger charge is -2.48. The van der Waals surface area contributed by atoms with Crippen LogP contribution in [0.2, 0.25) is 0 Å². The zero-order chi connectivity index (χ0) is 72.5. The van der Waals surface area contributed by atoms with Crippen molar-refractivity contribution >= 4 is 5.91 Å². The molecule has 3 heterocycles. The number of carbonyl (C=O) groups is 1. The molecule has 0 bridgehead atoms. The average Bonchev–Trinajstić information content (AvgIpc) is 0.783. The molecule has 12 N–H and O–H groups in total. The van der Waals surface area contributed by atoms with E-state index in [0.29, 0.717) is 12.8 Å². The maximum absolute atomic E-state index is 13.5. The van der Waals surface area contributed by atoms with Crippen LogP contribution in [0.15, 0.2) is 0 Å². The summed E-state index contributed by atoms with van der Waals surface area (Å²) in [6, 6.07) is -0.883. The van der Waals surface area contributed by atoms with Gasteiger partial charge < -0.3 is 89.9 Å². The first-order valence-corrected chi connectivity index (χ1v) is 42.3. The third-order valence-corrected chi connectivity index (χ3v) is 21.7. The lowest BCUT2D eigenvalue weighted by atomic mass is 9.96. The maximum atomic E-state index is 13.5. The van der Waals surface area contributed by atoms with E-state index in [-0.39, 0.29) is 18.9 Å². The second kappa shape index (κ2) is 62.8. The van der Waals surface area contributed by atoms with Gasteiger partial charge in [0.2, 0.25) is 5.91 Å². The fourth-order valence-electron chi connectivity index (χ4n) is 14.9. The molecule has 0 aliphatic carbocycles. The highest BCUT2D eigenvalue weighted by molar-refractivity contribution is 5.76. The molecular formula is C81H157NO18. The molecule has 0 radical (unpaired) electrons. The first-order valence-electron chi connectivity index (χ1n) is 42.3. The molecule has 3 rings (SSSR count). The van der Waals surface area contributed by atoms with E-state index in [1.54, 1.807) is 0 Å². The molecule has 0 saturated carbocycles. The Labute approximate surface area is 608 Å². The molecule has 3 aliphatic rings. The van der Waals surface area contributed by atoms with Crippen LogP contribution in [0.25, 0.3) is 0 Å². The van der Waals surface area contributed by atoms with Gasteiger partial charge in [0.05, 0.1) is 38.6 Å². The fraction of sp³-hybridized carbons (Fsp3) is 0.988. The second-order valence-electron chi connectivity index (χ2n) is 30.7. The molecule has 17 unspecified atom stereocenters. The van der Waals surface area contributed by atoms with E-state index in [0.717, 1.165) is 44.9 Å². The van der Waals surface area contributed by atoms with Crippen LogP contribution in [-0.4, -0.2) is 193 Å². The Hall–Kier alpha value is -1.21. The number of aliphatic hydroxyl groups excluding tert-OH is 11. The van der Waals surface area contributed by atoms with Crippen LogP contribution in [0, 0.1) is 0 Å². The number of nitrogens with one attached hydrogen (secondary N) is 1. The molecule has 3 aliphatic heterocycles. The van der Waals surface area contributed by atoms with E-state index in [1.165, 1.54) is 302 Å². The summed E-state index contributed by atoms with van der Waals surface area (Å²) >= 11 is 0. The van der Waals surface area contributed by atoms with Gasteiger partial charge in [0.25, 0.3) is 0 Å². The van der Waals surface area contributed by atoms with Crippen LogP contribution < -0.4 is 5.32 Å². The first-order chi connectivity index (χ1) is 48.8. The van der Waals surface area contributed by atoms with Crippen molar-refractivity contribution < 1.29 is 89.4 Å². The third-order valence-electron chi connectivity index (χ3n) is 21.7. The van der Waals surface area contributed by atoms with Crippen LogP contribution in [0.4, 0.5) is 0 Å². The van der Waals surface area contributed by atoms with Crippen molar-refractivity contribution in [1.82, 2.24) is 5.32 Å². The SMILES string of the molecule is CCCCCCCCCCCCCCCCCCCCCCCCCCCCCCCCCCCC(O)C(COC1OC(CO)C(OC2OC(CO)C(OC3OC(CO)C(O)C(O)C3O)C(O)C2O)C(O)C1O)NC(=O)CCCCCCCCCCCCCCCCCCCCCCCC. The molecule has 1 amide bonds. The summed E-state index contributed by atoms with van der Waals surface area (Å²) in [6.45, 7) is 1.88. The van der Waals surface area contributed by atoms with E-state index in [2.05, 4.69) is 19.2 Å². The zero-order valence-corrected chi connectivity index (χ0v) is 63.7. The standard InChI is InChI=1S/C81H157NO18/c1-3-5-7-9-11-13-15-17-19-21-23-25-27-28-29-30-31-32-33-34-35-36-37-38-40-42-44-46-48-50-52-54-56-58-65(86)64(82-69(87)59-57-55-53-51-49-47-45-43-41-39-26-24-22-20-18-16-14-12-10-8-6-4-2)63-95-79-75(93)72(90)77(67(61-84)97-79)100-81-76(94)73(91)78(68(62-85)98-81)99-80-74(92)71(89)70(88)66(60-83)96-80/h64-68,70-81,83-86,88-94H,3-63H2,1-2H3,(H,82,87). The molecule has 0 aromatic heterocycles. The number of amides is 1. The molecule has 0 aromatic carbocycles. The number of rotatable bonds is 69. The summed E-state index contributed by atoms with van der Waals surface area (Å²) in [6.07, 6.45) is 46.3. The van der Waals surface area contributed by atoms with Gasteiger partial charge in [0.15, 0.2) is 18.9 Å². The highest BCUT2D eigenvalue weighted by atomic mass is 16.8. The largest absolute Gasteiger partial charge is 0.394 e. The smallest absolute Gasteiger partial charge is 0.220 e. The van der Waals surface area contributed by atoms with E-state index in [9.17, 15) is 61.0 Å². The van der Waals surface area contributed by atoms with E-state index >= 15 is 0 Å². The molecular weight excluding hydrogens is 1270 g/mol. The van der Waals surface area contributed by atoms with Crippen LogP contribution >= 0.6 is 0 Å². The topological polar surface area (TPSA) is 307 Å². The zero-order valence-electron chi connectivity index (χ0n) is 63.7. The van der Waals surface area contributed by atoms with Gasteiger partial charge in [-0.25, -0.2) is 0 Å². The predicted octanol–water partition coefficient (Wildman–Crippen LogP) is 14.6. The van der Waals surface area contributed by atoms with Gasteiger partial charge >= 0.3 is 0 Å². The number of carbonyl (C=O) groups excluding carboxylic acids is 1. The Morgan fingerprint density at radius 2 is 0.570 bits per heavy atom. The Morgan fingerprint density at radius 3 is 0.870 bits per heavy atom. The van der Waals surface area contributed by atoms with E-state index in [4.69, 9.17) is 28.4 Å². The van der Waals surface area contributed by atoms with Crippen molar-refractivity contribution in [2.75, 3.05) is 26.4 Å². The van der Waals surface area contributed by atoms with Crippen molar-refractivity contribution in [1.29, 1.82) is 0 Å². The van der Waals surface area contributed by atoms with Gasteiger partial charge in [-0.3, -0.25) is 4.79 Å². The third kappa shape index (κ3) is 42.4. The fourth-order valence-corrected chi connectivity index (χ4v) is 14.9. The Kier molecular flexibility index (Phi) is 58.4. The van der Waals surface area contributed by atoms with Crippen molar-refractivity contribution in [3.05, 3.63) is 0 Å². The number of ether oxygens (including phenoxy) is 6. The van der Waals surface area contributed by atoms with E-state index in [1.807, 2.05) is 0 Å². The molecule has 3 saturated heterocycles. The van der Waals surface area contributed by atoms with Gasteiger partial charge in [-0.2, -0.15) is 0 Å². The van der Waals surface area contributed by atoms with Crippen molar-refractivity contribution in [2.45, 2.75) is 484 Å². The quantitative estimate of drug-likeness (QED) is 0.0252. The predicted molar refractivity (Wildman–Crippen MR) is 397 cm³/mol. The second-order valence-corrected chi connectivity index (χ2v) is 30.7. The van der Waals surface area contributed by atoms with Crippen molar-refractivity contribution in [2.24, 2.45) is 0 Å².